The predicted octanol–water partition coefficient (Wildman–Crippen LogP) is 4.19. The van der Waals surface area contributed by atoms with E-state index in [1.807, 2.05) is 20.8 Å². The molecule has 0 spiro atoms. The highest BCUT2D eigenvalue weighted by Gasteiger charge is 2.43. The number of hydrogen-bond acceptors (Lipinski definition) is 7. The van der Waals surface area contributed by atoms with Crippen LogP contribution in [0.5, 0.6) is 5.88 Å². The van der Waals surface area contributed by atoms with Gasteiger partial charge in [0.15, 0.2) is 23.9 Å². The van der Waals surface area contributed by atoms with E-state index in [2.05, 4.69) is 20.1 Å². The average molecular weight is 464 g/mol. The third kappa shape index (κ3) is 4.37. The zero-order valence-electron chi connectivity index (χ0n) is 18.8. The van der Waals surface area contributed by atoms with Gasteiger partial charge in [-0.15, -0.1) is 5.10 Å². The third-order valence-electron chi connectivity index (χ3n) is 6.76. The maximum absolute atomic E-state index is 12.7. The highest BCUT2D eigenvalue weighted by molar-refractivity contribution is 5.51. The lowest BCUT2D eigenvalue weighted by Crippen LogP contribution is -2.43. The maximum atomic E-state index is 12.7. The number of pyridine rings is 1. The van der Waals surface area contributed by atoms with Crippen LogP contribution >= 0.6 is 0 Å². The van der Waals surface area contributed by atoms with Crippen LogP contribution in [-0.4, -0.2) is 50.6 Å². The molecule has 1 aliphatic carbocycles. The molecule has 3 atom stereocenters. The van der Waals surface area contributed by atoms with Gasteiger partial charge in [-0.3, -0.25) is 0 Å². The Hall–Kier alpha value is -2.85. The maximum Gasteiger partial charge on any atom is 0.422 e. The molecule has 8 nitrogen and oxygen atoms in total. The molecule has 178 valence electrons. The number of aromatic nitrogens is 5. The minimum atomic E-state index is -4.42. The molecule has 0 N–H and O–H groups in total. The lowest BCUT2D eigenvalue weighted by molar-refractivity contribution is -0.154. The van der Waals surface area contributed by atoms with Crippen molar-refractivity contribution in [2.45, 2.75) is 52.1 Å². The van der Waals surface area contributed by atoms with Crippen molar-refractivity contribution in [3.63, 3.8) is 0 Å². The molecule has 0 aromatic carbocycles. The van der Waals surface area contributed by atoms with Gasteiger partial charge in [0, 0.05) is 25.6 Å². The second-order valence-electron chi connectivity index (χ2n) is 9.44. The number of halogens is 3. The molecule has 1 aliphatic heterocycles. The largest absolute Gasteiger partial charge is 0.468 e. The Labute approximate surface area is 189 Å². The van der Waals surface area contributed by atoms with Crippen LogP contribution in [0.25, 0.3) is 5.65 Å². The summed E-state index contributed by atoms with van der Waals surface area (Å²) in [7, 11) is 0. The second kappa shape index (κ2) is 8.18. The van der Waals surface area contributed by atoms with Crippen LogP contribution in [0.1, 0.15) is 49.8 Å². The van der Waals surface area contributed by atoms with Crippen LogP contribution < -0.4 is 9.64 Å². The fourth-order valence-electron chi connectivity index (χ4n) is 5.25. The van der Waals surface area contributed by atoms with Gasteiger partial charge in [-0.2, -0.15) is 22.7 Å². The van der Waals surface area contributed by atoms with Crippen molar-refractivity contribution in [3.05, 3.63) is 29.3 Å². The Morgan fingerprint density at radius 3 is 2.48 bits per heavy atom. The highest BCUT2D eigenvalue weighted by Crippen LogP contribution is 2.44. The molecule has 1 unspecified atom stereocenters. The van der Waals surface area contributed by atoms with E-state index in [-0.39, 0.29) is 11.8 Å². The van der Waals surface area contributed by atoms with Gasteiger partial charge in [0.05, 0.1) is 0 Å². The van der Waals surface area contributed by atoms with Crippen molar-refractivity contribution >= 4 is 11.7 Å². The number of ether oxygens (including phenoxy) is 1. The highest BCUT2D eigenvalue weighted by atomic mass is 19.4. The number of alkyl halides is 3. The van der Waals surface area contributed by atoms with Gasteiger partial charge < -0.3 is 14.2 Å². The quantitative estimate of drug-likeness (QED) is 0.541. The van der Waals surface area contributed by atoms with E-state index in [1.54, 1.807) is 12.1 Å². The van der Waals surface area contributed by atoms with Crippen LogP contribution in [0.15, 0.2) is 16.7 Å². The van der Waals surface area contributed by atoms with Crippen LogP contribution in [0, 0.1) is 24.7 Å². The summed E-state index contributed by atoms with van der Waals surface area (Å²) in [5, 5.41) is 8.49. The van der Waals surface area contributed by atoms with Gasteiger partial charge in [-0.1, -0.05) is 19.0 Å². The summed E-state index contributed by atoms with van der Waals surface area (Å²) in [6.45, 7) is 6.17. The SMILES string of the molecule is Cc1noc(N2C[C@H]3CC[C@@H](C2)C3Cc2nc3c(C(C)C)ccc(OCC(F)(F)F)n3n2)n1. The normalized spacial score (nSPS) is 23.1. The van der Waals surface area contributed by atoms with Crippen molar-refractivity contribution in [1.29, 1.82) is 0 Å². The summed E-state index contributed by atoms with van der Waals surface area (Å²) in [4.78, 5) is 11.3. The summed E-state index contributed by atoms with van der Waals surface area (Å²) in [6, 6.07) is 3.89. The Bertz CT molecular complexity index is 1130. The van der Waals surface area contributed by atoms with Crippen LogP contribution in [0.3, 0.4) is 0 Å². The van der Waals surface area contributed by atoms with Crippen LogP contribution in [-0.2, 0) is 6.42 Å². The van der Waals surface area contributed by atoms with E-state index in [0.717, 1.165) is 31.5 Å². The fraction of sp³-hybridized carbons (Fsp3) is 0.636. The summed E-state index contributed by atoms with van der Waals surface area (Å²) in [5.74, 6) is 2.78. The first kappa shape index (κ1) is 22.0. The van der Waals surface area contributed by atoms with Gasteiger partial charge in [-0.25, -0.2) is 4.98 Å². The van der Waals surface area contributed by atoms with Crippen LogP contribution in [0.4, 0.5) is 19.2 Å². The van der Waals surface area contributed by atoms with Crippen molar-refractivity contribution in [2.24, 2.45) is 17.8 Å². The Morgan fingerprint density at radius 1 is 1.15 bits per heavy atom. The monoisotopic (exact) mass is 464 g/mol. The topological polar surface area (TPSA) is 81.6 Å². The molecule has 0 radical (unpaired) electrons. The van der Waals surface area contributed by atoms with Crippen molar-refractivity contribution in [3.8, 4) is 5.88 Å². The van der Waals surface area contributed by atoms with E-state index in [0.29, 0.717) is 47.5 Å². The third-order valence-corrected chi connectivity index (χ3v) is 6.76. The number of aryl methyl sites for hydroxylation is 1. The first-order valence-corrected chi connectivity index (χ1v) is 11.3. The Balaban J connectivity index is 1.38. The fourth-order valence-corrected chi connectivity index (χ4v) is 5.25. The Morgan fingerprint density at radius 2 is 1.88 bits per heavy atom. The number of anilines is 1. The molecule has 4 heterocycles. The number of fused-ring (bicyclic) bond motifs is 3. The molecule has 11 heteroatoms. The standard InChI is InChI=1S/C22H27F3N6O2/c1-12(2)16-6-7-19(32-11-22(23,24)25)31-20(16)27-18(28-31)8-17-14-4-5-15(17)10-30(9-14)21-26-13(3)29-33-21/h6-7,12,14-15,17H,4-5,8-11H2,1-3H3/t14-,15+,17?. The molecule has 0 amide bonds. The molecule has 33 heavy (non-hydrogen) atoms. The summed E-state index contributed by atoms with van der Waals surface area (Å²) in [5.41, 5.74) is 1.49. The average Bonchev–Trinajstić information content (AvgIpc) is 3.41. The minimum Gasteiger partial charge on any atom is -0.468 e. The molecule has 5 rings (SSSR count). The number of piperidine rings is 1. The second-order valence-corrected chi connectivity index (χ2v) is 9.44. The van der Waals surface area contributed by atoms with E-state index < -0.39 is 12.8 Å². The molecule has 3 aromatic rings. The first-order valence-electron chi connectivity index (χ1n) is 11.3. The summed E-state index contributed by atoms with van der Waals surface area (Å²) >= 11 is 0. The summed E-state index contributed by atoms with van der Waals surface area (Å²) < 4.78 is 50.0. The van der Waals surface area contributed by atoms with Gasteiger partial charge in [-0.05, 0) is 55.1 Å². The zero-order valence-corrected chi connectivity index (χ0v) is 18.8. The van der Waals surface area contributed by atoms with E-state index in [4.69, 9.17) is 14.2 Å². The minimum absolute atomic E-state index is 0.0510. The van der Waals surface area contributed by atoms with Crippen molar-refractivity contribution < 1.29 is 22.4 Å². The van der Waals surface area contributed by atoms with Crippen molar-refractivity contribution in [1.82, 2.24) is 24.7 Å². The Kier molecular flexibility index (Phi) is 5.44. The van der Waals surface area contributed by atoms with Crippen LogP contribution in [0.2, 0.25) is 0 Å². The lowest BCUT2D eigenvalue weighted by Gasteiger charge is -2.36. The number of nitrogens with zero attached hydrogens (tertiary/aromatic N) is 6. The molecular formula is C22H27F3N6O2. The smallest absolute Gasteiger partial charge is 0.422 e. The van der Waals surface area contributed by atoms with Gasteiger partial charge in [0.1, 0.15) is 0 Å². The summed E-state index contributed by atoms with van der Waals surface area (Å²) in [6.07, 6.45) is -1.51. The van der Waals surface area contributed by atoms with Gasteiger partial charge in [0.25, 0.3) is 0 Å². The predicted molar refractivity (Wildman–Crippen MR) is 113 cm³/mol. The zero-order chi connectivity index (χ0) is 23.3. The first-order chi connectivity index (χ1) is 15.7. The molecule has 2 bridgehead atoms. The lowest BCUT2D eigenvalue weighted by atomic mass is 9.82. The van der Waals surface area contributed by atoms with E-state index in [1.165, 1.54) is 4.52 Å². The van der Waals surface area contributed by atoms with Gasteiger partial charge in [0.2, 0.25) is 5.88 Å². The van der Waals surface area contributed by atoms with E-state index in [9.17, 15) is 13.2 Å². The number of hydrogen-bond donors (Lipinski definition) is 0. The van der Waals surface area contributed by atoms with Crippen molar-refractivity contribution in [2.75, 3.05) is 24.6 Å². The molecule has 2 fully saturated rings. The molecular weight excluding hydrogens is 437 g/mol. The molecule has 3 aromatic heterocycles. The van der Waals surface area contributed by atoms with E-state index >= 15 is 0 Å². The molecule has 2 aliphatic rings. The molecule has 1 saturated carbocycles. The van der Waals surface area contributed by atoms with Gasteiger partial charge >= 0.3 is 12.2 Å². The molecule has 1 saturated heterocycles. The number of rotatable bonds is 6.